The molecule has 0 saturated heterocycles. The molecule has 160 valence electrons. The van der Waals surface area contributed by atoms with Gasteiger partial charge in [0, 0.05) is 32.0 Å². The average Bonchev–Trinajstić information content (AvgIpc) is 2.71. The smallest absolute Gasteiger partial charge is 0.325 e. The molecule has 0 spiro atoms. The van der Waals surface area contributed by atoms with E-state index in [1.165, 1.54) is 12.1 Å². The number of carbonyl (C=O) groups is 3. The van der Waals surface area contributed by atoms with E-state index in [9.17, 15) is 18.8 Å². The summed E-state index contributed by atoms with van der Waals surface area (Å²) >= 11 is 0. The summed E-state index contributed by atoms with van der Waals surface area (Å²) in [5.74, 6) is -1.24. The Balaban J connectivity index is 2.07. The summed E-state index contributed by atoms with van der Waals surface area (Å²) in [4.78, 5) is 37.8. The molecule has 0 unspecified atom stereocenters. The molecule has 2 aromatic rings. The van der Waals surface area contributed by atoms with Crippen molar-refractivity contribution in [2.24, 2.45) is 0 Å². The van der Waals surface area contributed by atoms with Gasteiger partial charge in [0.15, 0.2) is 0 Å². The summed E-state index contributed by atoms with van der Waals surface area (Å²) in [6.45, 7) is 1.86. The van der Waals surface area contributed by atoms with Crippen LogP contribution in [-0.4, -0.2) is 45.2 Å². The highest BCUT2D eigenvalue weighted by Crippen LogP contribution is 2.23. The lowest BCUT2D eigenvalue weighted by Gasteiger charge is -2.18. The third-order valence-corrected chi connectivity index (χ3v) is 4.05. The Bertz CT molecular complexity index is 900. The van der Waals surface area contributed by atoms with E-state index < -0.39 is 12.0 Å². The number of urea groups is 1. The maximum atomic E-state index is 13.0. The van der Waals surface area contributed by atoms with E-state index in [1.54, 1.807) is 56.3 Å². The summed E-state index contributed by atoms with van der Waals surface area (Å²) < 4.78 is 17.8. The fourth-order valence-electron chi connectivity index (χ4n) is 2.61. The molecule has 9 heteroatoms. The minimum atomic E-state index is -0.599. The summed E-state index contributed by atoms with van der Waals surface area (Å²) in [6.07, 6.45) is 0. The van der Waals surface area contributed by atoms with Crippen molar-refractivity contribution in [2.45, 2.75) is 13.5 Å². The molecule has 0 saturated carbocycles. The van der Waals surface area contributed by atoms with E-state index in [2.05, 4.69) is 16.0 Å². The fraction of sp³-hybridized carbons (Fsp3) is 0.286. The van der Waals surface area contributed by atoms with Gasteiger partial charge in [0.2, 0.25) is 0 Å². The molecule has 3 N–H and O–H groups in total. The number of benzene rings is 2. The molecule has 8 nitrogen and oxygen atoms in total. The van der Waals surface area contributed by atoms with Crippen LogP contribution in [0.15, 0.2) is 42.5 Å². The number of halogens is 1. The zero-order valence-electron chi connectivity index (χ0n) is 17.1. The summed E-state index contributed by atoms with van der Waals surface area (Å²) in [5, 5.41) is 7.76. The van der Waals surface area contributed by atoms with Gasteiger partial charge in [-0.1, -0.05) is 12.1 Å². The molecular weight excluding hydrogens is 391 g/mol. The molecule has 0 atom stereocenters. The maximum Gasteiger partial charge on any atom is 0.325 e. The zero-order chi connectivity index (χ0) is 22.1. The van der Waals surface area contributed by atoms with Crippen LogP contribution in [-0.2, 0) is 16.1 Å². The molecule has 0 aliphatic heterocycles. The van der Waals surface area contributed by atoms with Gasteiger partial charge in [0.25, 0.3) is 5.91 Å². The van der Waals surface area contributed by atoms with E-state index in [0.717, 1.165) is 5.56 Å². The lowest BCUT2D eigenvalue weighted by atomic mass is 10.1. The van der Waals surface area contributed by atoms with Gasteiger partial charge < -0.3 is 25.6 Å². The number of hydrogen-bond acceptors (Lipinski definition) is 5. The molecule has 0 fully saturated rings. The van der Waals surface area contributed by atoms with Crippen LogP contribution in [0, 0.1) is 5.82 Å². The van der Waals surface area contributed by atoms with Gasteiger partial charge in [-0.05, 0) is 42.8 Å². The lowest BCUT2D eigenvalue weighted by Crippen LogP contribution is -2.34. The Kier molecular flexibility index (Phi) is 8.16. The van der Waals surface area contributed by atoms with Crippen molar-refractivity contribution in [1.82, 2.24) is 10.6 Å². The number of anilines is 2. The van der Waals surface area contributed by atoms with Gasteiger partial charge in [0.05, 0.1) is 12.2 Å². The number of esters is 1. The van der Waals surface area contributed by atoms with Crippen molar-refractivity contribution in [3.63, 3.8) is 0 Å². The van der Waals surface area contributed by atoms with Crippen LogP contribution in [0.5, 0.6) is 0 Å². The van der Waals surface area contributed by atoms with Crippen molar-refractivity contribution in [2.75, 3.05) is 37.5 Å². The highest BCUT2D eigenvalue weighted by atomic mass is 19.1. The largest absolute Gasteiger partial charge is 0.465 e. The summed E-state index contributed by atoms with van der Waals surface area (Å²) in [6, 6.07) is 10.1. The minimum Gasteiger partial charge on any atom is -0.465 e. The average molecular weight is 416 g/mol. The molecule has 0 radical (unpaired) electrons. The van der Waals surface area contributed by atoms with Crippen LogP contribution in [0.3, 0.4) is 0 Å². The van der Waals surface area contributed by atoms with Gasteiger partial charge in [-0.2, -0.15) is 0 Å². The molecule has 30 heavy (non-hydrogen) atoms. The van der Waals surface area contributed by atoms with E-state index >= 15 is 0 Å². The number of rotatable bonds is 8. The maximum absolute atomic E-state index is 13.0. The molecule has 0 heterocycles. The van der Waals surface area contributed by atoms with Crippen LogP contribution < -0.4 is 20.9 Å². The molecule has 0 aromatic heterocycles. The third kappa shape index (κ3) is 6.77. The van der Waals surface area contributed by atoms with Gasteiger partial charge in [-0.3, -0.25) is 9.59 Å². The van der Waals surface area contributed by atoms with Crippen molar-refractivity contribution < 1.29 is 23.5 Å². The highest BCUT2D eigenvalue weighted by molar-refractivity contribution is 6.02. The van der Waals surface area contributed by atoms with Crippen LogP contribution in [0.1, 0.15) is 22.8 Å². The number of carbonyl (C=O) groups excluding carboxylic acids is 3. The molecular formula is C21H25FN4O4. The predicted octanol–water partition coefficient (Wildman–Crippen LogP) is 2.51. The quantitative estimate of drug-likeness (QED) is 0.574. The predicted molar refractivity (Wildman–Crippen MR) is 112 cm³/mol. The summed E-state index contributed by atoms with van der Waals surface area (Å²) in [7, 11) is 3.59. The molecule has 2 aromatic carbocycles. The Morgan fingerprint density at radius 3 is 2.37 bits per heavy atom. The minimum absolute atomic E-state index is 0.226. The second-order valence-corrected chi connectivity index (χ2v) is 6.55. The first-order chi connectivity index (χ1) is 14.3. The Morgan fingerprint density at radius 1 is 1.03 bits per heavy atom. The SMILES string of the molecule is CCOC(=O)CNC(=O)Nc1ccc(N(C)C)c(C(=O)NCc2ccc(F)cc2)c1. The monoisotopic (exact) mass is 416 g/mol. The molecule has 2 rings (SSSR count). The number of ether oxygens (including phenoxy) is 1. The topological polar surface area (TPSA) is 99.8 Å². The number of hydrogen-bond donors (Lipinski definition) is 3. The second kappa shape index (κ2) is 10.8. The van der Waals surface area contributed by atoms with Crippen LogP contribution in [0.4, 0.5) is 20.6 Å². The lowest BCUT2D eigenvalue weighted by molar-refractivity contribution is -0.141. The normalized spacial score (nSPS) is 10.1. The number of nitrogens with one attached hydrogen (secondary N) is 3. The molecule has 0 aliphatic rings. The van der Waals surface area contributed by atoms with E-state index in [-0.39, 0.29) is 31.4 Å². The number of nitrogens with zero attached hydrogens (tertiary/aromatic N) is 1. The molecule has 0 aliphatic carbocycles. The standard InChI is InChI=1S/C21H25FN4O4/c1-4-30-19(27)13-24-21(29)25-16-9-10-18(26(2)3)17(11-16)20(28)23-12-14-5-7-15(22)8-6-14/h5-11H,4,12-13H2,1-3H3,(H,23,28)(H2,24,25,29). The Morgan fingerprint density at radius 2 is 1.73 bits per heavy atom. The highest BCUT2D eigenvalue weighted by Gasteiger charge is 2.15. The first-order valence-electron chi connectivity index (χ1n) is 9.34. The van der Waals surface area contributed by atoms with Crippen LogP contribution >= 0.6 is 0 Å². The van der Waals surface area contributed by atoms with Gasteiger partial charge in [0.1, 0.15) is 12.4 Å². The van der Waals surface area contributed by atoms with Crippen molar-refractivity contribution in [3.05, 3.63) is 59.4 Å². The fourth-order valence-corrected chi connectivity index (χ4v) is 2.61. The van der Waals surface area contributed by atoms with Crippen molar-refractivity contribution >= 4 is 29.3 Å². The summed E-state index contributed by atoms with van der Waals surface area (Å²) in [5.41, 5.74) is 2.15. The van der Waals surface area contributed by atoms with E-state index in [0.29, 0.717) is 16.9 Å². The van der Waals surface area contributed by atoms with E-state index in [1.807, 2.05) is 0 Å². The van der Waals surface area contributed by atoms with Gasteiger partial charge in [-0.15, -0.1) is 0 Å². The number of amides is 3. The van der Waals surface area contributed by atoms with E-state index in [4.69, 9.17) is 4.74 Å². The van der Waals surface area contributed by atoms with Crippen molar-refractivity contribution in [3.8, 4) is 0 Å². The second-order valence-electron chi connectivity index (χ2n) is 6.55. The molecule has 3 amide bonds. The molecule has 0 bridgehead atoms. The third-order valence-electron chi connectivity index (χ3n) is 4.05. The first kappa shape index (κ1) is 22.7. The van der Waals surface area contributed by atoms with Gasteiger partial charge in [-0.25, -0.2) is 9.18 Å². The first-order valence-corrected chi connectivity index (χ1v) is 9.34. The van der Waals surface area contributed by atoms with Crippen LogP contribution in [0.25, 0.3) is 0 Å². The van der Waals surface area contributed by atoms with Gasteiger partial charge >= 0.3 is 12.0 Å². The Hall–Kier alpha value is -3.62. The van der Waals surface area contributed by atoms with Crippen molar-refractivity contribution in [1.29, 1.82) is 0 Å². The Labute approximate surface area is 174 Å². The van der Waals surface area contributed by atoms with Crippen LogP contribution in [0.2, 0.25) is 0 Å². The zero-order valence-corrected chi connectivity index (χ0v) is 17.1.